The Labute approximate surface area is 146 Å². The van der Waals surface area contributed by atoms with Gasteiger partial charge in [-0.2, -0.15) is 0 Å². The molecule has 4 heteroatoms. The fraction of sp³-hybridized carbons (Fsp3) is 1.00. The summed E-state index contributed by atoms with van der Waals surface area (Å²) in [5.41, 5.74) is 0. The minimum atomic E-state index is -0.0501. The monoisotopic (exact) mass is 334 g/mol. The van der Waals surface area contributed by atoms with Crippen molar-refractivity contribution < 1.29 is 9.72 Å². The summed E-state index contributed by atoms with van der Waals surface area (Å²) in [5.74, 6) is 3.08. The molecule has 4 saturated carbocycles. The number of hydrogen-bond donors (Lipinski definition) is 0. The van der Waals surface area contributed by atoms with Crippen LogP contribution >= 0.6 is 0 Å². The molecule has 6 atom stereocenters. The first-order valence-corrected chi connectivity index (χ1v) is 10.6. The molecule has 4 aliphatic rings. The number of nitrogens with zero attached hydrogens (tertiary/aromatic N) is 2. The Hall–Kier alpha value is -0.800. The zero-order valence-corrected chi connectivity index (χ0v) is 15.1. The minimum absolute atomic E-state index is 0.0501. The number of hydroxylamine groups is 2. The molecule has 0 N–H and O–H groups in total. The molecule has 0 amide bonds. The van der Waals surface area contributed by atoms with Gasteiger partial charge >= 0.3 is 0 Å². The summed E-state index contributed by atoms with van der Waals surface area (Å²) >= 11 is 0. The molecule has 4 nitrogen and oxygen atoms in total. The van der Waals surface area contributed by atoms with Crippen LogP contribution in [-0.4, -0.2) is 21.8 Å². The zero-order valence-electron chi connectivity index (χ0n) is 15.1. The molecule has 4 fully saturated rings. The first-order valence-electron chi connectivity index (χ1n) is 10.6. The molecule has 136 valence electrons. The second-order valence-electron chi connectivity index (χ2n) is 9.15. The molecule has 0 radical (unpaired) electrons. The van der Waals surface area contributed by atoms with Crippen molar-refractivity contribution in [3.63, 3.8) is 0 Å². The molecule has 0 bridgehead atoms. The maximum atomic E-state index is 12.8. The SMILES string of the molecule is [O-]/[N+](C1CC[C@H]2CCCC[C@@H]2C1)=[N+](/[O-])C1CC[C@H]2CCCC[C@@H]2C1. The largest absolute Gasteiger partial charge is 0.567 e. The van der Waals surface area contributed by atoms with Crippen LogP contribution in [0.1, 0.15) is 89.9 Å². The second-order valence-corrected chi connectivity index (χ2v) is 9.15. The van der Waals surface area contributed by atoms with Gasteiger partial charge < -0.3 is 10.4 Å². The van der Waals surface area contributed by atoms with E-state index >= 15 is 0 Å². The van der Waals surface area contributed by atoms with E-state index in [1.54, 1.807) is 0 Å². The van der Waals surface area contributed by atoms with Crippen LogP contribution in [0.15, 0.2) is 0 Å². The molecule has 0 aliphatic heterocycles. The molecule has 24 heavy (non-hydrogen) atoms. The smallest absolute Gasteiger partial charge is 0.229 e. The fourth-order valence-corrected chi connectivity index (χ4v) is 6.42. The average molecular weight is 335 g/mol. The van der Waals surface area contributed by atoms with Crippen LogP contribution < -0.4 is 0 Å². The quantitative estimate of drug-likeness (QED) is 0.397. The molecule has 4 aliphatic carbocycles. The van der Waals surface area contributed by atoms with Crippen molar-refractivity contribution >= 4 is 0 Å². The van der Waals surface area contributed by atoms with E-state index in [0.29, 0.717) is 11.8 Å². The summed E-state index contributed by atoms with van der Waals surface area (Å²) in [4.78, 5) is 1.75. The van der Waals surface area contributed by atoms with Gasteiger partial charge in [-0.15, -0.1) is 0 Å². The highest BCUT2D eigenvalue weighted by Gasteiger charge is 2.42. The Kier molecular flexibility index (Phi) is 5.00. The zero-order chi connectivity index (χ0) is 16.5. The second kappa shape index (κ2) is 7.21. The van der Waals surface area contributed by atoms with Gasteiger partial charge in [0.2, 0.25) is 12.1 Å². The van der Waals surface area contributed by atoms with Crippen LogP contribution in [0.25, 0.3) is 0 Å². The van der Waals surface area contributed by atoms with Gasteiger partial charge in [0.1, 0.15) is 0 Å². The van der Waals surface area contributed by atoms with E-state index in [1.807, 2.05) is 0 Å². The number of fused-ring (bicyclic) bond motifs is 2. The van der Waals surface area contributed by atoms with Crippen LogP contribution in [0.4, 0.5) is 0 Å². The van der Waals surface area contributed by atoms with Crippen molar-refractivity contribution in [2.45, 2.75) is 102 Å². The van der Waals surface area contributed by atoms with Gasteiger partial charge in [0.25, 0.3) is 0 Å². The van der Waals surface area contributed by atoms with Crippen molar-refractivity contribution in [1.29, 1.82) is 0 Å². The van der Waals surface area contributed by atoms with Gasteiger partial charge in [0.15, 0.2) is 0 Å². The lowest BCUT2D eigenvalue weighted by Crippen LogP contribution is -2.42. The lowest BCUT2D eigenvalue weighted by Gasteiger charge is -2.38. The van der Waals surface area contributed by atoms with E-state index in [1.165, 1.54) is 51.4 Å². The van der Waals surface area contributed by atoms with Gasteiger partial charge in [-0.05, 0) is 49.4 Å². The van der Waals surface area contributed by atoms with Crippen molar-refractivity contribution in [2.24, 2.45) is 23.7 Å². The van der Waals surface area contributed by atoms with E-state index in [-0.39, 0.29) is 12.1 Å². The van der Waals surface area contributed by atoms with Crippen molar-refractivity contribution in [1.82, 2.24) is 0 Å². The molecule has 0 saturated heterocycles. The Balaban J connectivity index is 1.41. The minimum Gasteiger partial charge on any atom is -0.567 e. The maximum Gasteiger partial charge on any atom is 0.229 e. The third-order valence-corrected chi connectivity index (χ3v) is 7.84. The predicted octanol–water partition coefficient (Wildman–Crippen LogP) is 5.18. The molecule has 2 unspecified atom stereocenters. The summed E-state index contributed by atoms with van der Waals surface area (Å²) in [6.45, 7) is 0. The van der Waals surface area contributed by atoms with Gasteiger partial charge in [-0.1, -0.05) is 38.5 Å². The summed E-state index contributed by atoms with van der Waals surface area (Å²) in [6.07, 6.45) is 16.7. The van der Waals surface area contributed by atoms with Crippen molar-refractivity contribution in [3.8, 4) is 0 Å². The van der Waals surface area contributed by atoms with Gasteiger partial charge in [-0.25, -0.2) is 0 Å². The Morgan fingerprint density at radius 1 is 0.458 bits per heavy atom. The van der Waals surface area contributed by atoms with Crippen molar-refractivity contribution in [2.75, 3.05) is 0 Å². The molecule has 0 heterocycles. The van der Waals surface area contributed by atoms with Gasteiger partial charge in [0.05, 0.1) is 0 Å². The molecular formula is C20H34N2O2. The van der Waals surface area contributed by atoms with E-state index in [0.717, 1.165) is 60.1 Å². The van der Waals surface area contributed by atoms with Crippen LogP contribution in [0.3, 0.4) is 0 Å². The van der Waals surface area contributed by atoms with Crippen molar-refractivity contribution in [3.05, 3.63) is 10.4 Å². The number of azo groups is 1. The lowest BCUT2D eigenvalue weighted by molar-refractivity contribution is -0.998. The standard InChI is InChI=1S/C20H34N2O2/c23-21(19-11-9-15-5-1-3-7-17(15)13-19)22(24)20-12-10-16-6-2-4-8-18(16)14-20/h15-20H,1-14H2/b22-21+/t15-,16-,17-,18-,19?,20?/m1/s1. The first-order chi connectivity index (χ1) is 11.7. The normalized spacial score (nSPS) is 44.2. The van der Waals surface area contributed by atoms with Crippen LogP contribution in [0.2, 0.25) is 0 Å². The van der Waals surface area contributed by atoms with E-state index < -0.39 is 0 Å². The highest BCUT2D eigenvalue weighted by Crippen LogP contribution is 2.43. The summed E-state index contributed by atoms with van der Waals surface area (Å²) in [6, 6.07) is -0.100. The topological polar surface area (TPSA) is 52.1 Å². The summed E-state index contributed by atoms with van der Waals surface area (Å²) in [5, 5.41) is 25.5. The van der Waals surface area contributed by atoms with E-state index in [9.17, 15) is 10.4 Å². The molecular weight excluding hydrogens is 300 g/mol. The molecule has 4 rings (SSSR count). The average Bonchev–Trinajstić information content (AvgIpc) is 2.66. The highest BCUT2D eigenvalue weighted by molar-refractivity contribution is 4.84. The summed E-state index contributed by atoms with van der Waals surface area (Å²) < 4.78 is 0. The van der Waals surface area contributed by atoms with E-state index in [4.69, 9.17) is 0 Å². The third-order valence-electron chi connectivity index (χ3n) is 7.84. The van der Waals surface area contributed by atoms with Crippen LogP contribution in [0.5, 0.6) is 0 Å². The molecule has 0 aromatic rings. The number of rotatable bonds is 2. The molecule has 0 aromatic carbocycles. The number of hydrogen-bond acceptors (Lipinski definition) is 2. The predicted molar refractivity (Wildman–Crippen MR) is 93.4 cm³/mol. The highest BCUT2D eigenvalue weighted by atomic mass is 16.6. The van der Waals surface area contributed by atoms with Crippen LogP contribution in [0, 0.1) is 34.1 Å². The Bertz CT molecular complexity index is 436. The van der Waals surface area contributed by atoms with Crippen LogP contribution in [-0.2, 0) is 0 Å². The lowest BCUT2D eigenvalue weighted by atomic mass is 9.69. The van der Waals surface area contributed by atoms with E-state index in [2.05, 4.69) is 0 Å². The fourth-order valence-electron chi connectivity index (χ4n) is 6.42. The maximum absolute atomic E-state index is 12.8. The van der Waals surface area contributed by atoms with Gasteiger partial charge in [0, 0.05) is 35.4 Å². The Morgan fingerprint density at radius 2 is 0.833 bits per heavy atom. The first kappa shape index (κ1) is 16.7. The summed E-state index contributed by atoms with van der Waals surface area (Å²) in [7, 11) is 0. The third kappa shape index (κ3) is 3.30. The molecule has 0 aromatic heterocycles. The Morgan fingerprint density at radius 3 is 1.25 bits per heavy atom. The van der Waals surface area contributed by atoms with Gasteiger partial charge in [-0.3, -0.25) is 0 Å². The molecule has 0 spiro atoms.